The van der Waals surface area contributed by atoms with Gasteiger partial charge in [-0.2, -0.15) is 4.98 Å². The smallest absolute Gasteiger partial charge is 0.243 e. The Kier molecular flexibility index (Phi) is 4.38. The van der Waals surface area contributed by atoms with E-state index in [-0.39, 0.29) is 6.04 Å². The van der Waals surface area contributed by atoms with E-state index in [1.54, 1.807) is 11.8 Å². The fourth-order valence-electron chi connectivity index (χ4n) is 1.41. The van der Waals surface area contributed by atoms with E-state index < -0.39 is 0 Å². The van der Waals surface area contributed by atoms with Crippen LogP contribution in [0.5, 0.6) is 0 Å². The van der Waals surface area contributed by atoms with Gasteiger partial charge in [0.25, 0.3) is 0 Å². The molecule has 0 aliphatic heterocycles. The molecule has 1 aromatic heterocycles. The summed E-state index contributed by atoms with van der Waals surface area (Å²) in [6, 6.07) is 9.96. The monoisotopic (exact) mass is 263 g/mol. The van der Waals surface area contributed by atoms with Crippen molar-refractivity contribution < 1.29 is 4.52 Å². The van der Waals surface area contributed by atoms with Gasteiger partial charge in [-0.3, -0.25) is 0 Å². The number of nitrogens with zero attached hydrogens (tertiary/aromatic N) is 2. The zero-order valence-corrected chi connectivity index (χ0v) is 11.4. The van der Waals surface area contributed by atoms with Crippen LogP contribution in [0, 0.1) is 5.92 Å². The van der Waals surface area contributed by atoms with Crippen molar-refractivity contribution in [3.63, 3.8) is 0 Å². The van der Waals surface area contributed by atoms with Crippen molar-refractivity contribution in [3.8, 4) is 0 Å². The predicted molar refractivity (Wildman–Crippen MR) is 72.1 cm³/mol. The molecule has 0 saturated carbocycles. The third kappa shape index (κ3) is 3.34. The maximum absolute atomic E-state index is 5.96. The summed E-state index contributed by atoms with van der Waals surface area (Å²) in [7, 11) is 0. The second-order valence-corrected chi connectivity index (χ2v) is 5.47. The number of nitrogens with two attached hydrogens (primary N) is 1. The molecule has 0 aliphatic carbocycles. The molecule has 0 amide bonds. The molecule has 1 atom stereocenters. The van der Waals surface area contributed by atoms with E-state index >= 15 is 0 Å². The van der Waals surface area contributed by atoms with Crippen molar-refractivity contribution >= 4 is 11.8 Å². The summed E-state index contributed by atoms with van der Waals surface area (Å²) in [5, 5.41) is 3.95. The van der Waals surface area contributed by atoms with Gasteiger partial charge in [0, 0.05) is 4.90 Å². The van der Waals surface area contributed by atoms with Crippen molar-refractivity contribution in [3.05, 3.63) is 42.0 Å². The molecule has 0 spiro atoms. The maximum Gasteiger partial charge on any atom is 0.243 e. The number of aromatic nitrogens is 2. The molecule has 0 fully saturated rings. The molecule has 1 heterocycles. The van der Waals surface area contributed by atoms with Gasteiger partial charge in [0.15, 0.2) is 5.82 Å². The lowest BCUT2D eigenvalue weighted by Gasteiger charge is -2.09. The molecule has 0 saturated heterocycles. The molecule has 4 nitrogen and oxygen atoms in total. The van der Waals surface area contributed by atoms with E-state index in [9.17, 15) is 0 Å². The average molecular weight is 263 g/mol. The van der Waals surface area contributed by atoms with Crippen LogP contribution in [0.2, 0.25) is 0 Å². The van der Waals surface area contributed by atoms with Crippen LogP contribution in [0.1, 0.15) is 31.6 Å². The van der Waals surface area contributed by atoms with Crippen molar-refractivity contribution in [2.75, 3.05) is 0 Å². The zero-order valence-electron chi connectivity index (χ0n) is 10.5. The predicted octanol–water partition coefficient (Wildman–Crippen LogP) is 3.02. The van der Waals surface area contributed by atoms with E-state index in [0.717, 1.165) is 0 Å². The Morgan fingerprint density at radius 2 is 2.00 bits per heavy atom. The Balaban J connectivity index is 1.95. The summed E-state index contributed by atoms with van der Waals surface area (Å²) >= 11 is 1.68. The number of hydrogen-bond acceptors (Lipinski definition) is 5. The Morgan fingerprint density at radius 1 is 1.28 bits per heavy atom. The quantitative estimate of drug-likeness (QED) is 0.840. The first kappa shape index (κ1) is 13.1. The summed E-state index contributed by atoms with van der Waals surface area (Å²) in [5.74, 6) is 2.20. The first-order valence-electron chi connectivity index (χ1n) is 5.92. The number of benzene rings is 1. The van der Waals surface area contributed by atoms with E-state index in [1.807, 2.05) is 32.0 Å². The van der Waals surface area contributed by atoms with Crippen LogP contribution < -0.4 is 5.73 Å². The Labute approximate surface area is 111 Å². The molecular formula is C13H17N3OS. The molecule has 0 radical (unpaired) electrons. The summed E-state index contributed by atoms with van der Waals surface area (Å²) < 4.78 is 5.18. The van der Waals surface area contributed by atoms with Crippen LogP contribution in [0.15, 0.2) is 39.8 Å². The number of hydrogen-bond donors (Lipinski definition) is 1. The lowest BCUT2D eigenvalue weighted by Crippen LogP contribution is -2.17. The highest BCUT2D eigenvalue weighted by Crippen LogP contribution is 2.22. The van der Waals surface area contributed by atoms with E-state index in [4.69, 9.17) is 10.3 Å². The molecule has 2 aromatic rings. The number of rotatable bonds is 5. The maximum atomic E-state index is 5.96. The Bertz CT molecular complexity index is 484. The van der Waals surface area contributed by atoms with Crippen molar-refractivity contribution in [2.45, 2.75) is 30.5 Å². The highest BCUT2D eigenvalue weighted by Gasteiger charge is 2.17. The fourth-order valence-corrected chi connectivity index (χ4v) is 2.17. The van der Waals surface area contributed by atoms with E-state index in [2.05, 4.69) is 22.3 Å². The van der Waals surface area contributed by atoms with Crippen LogP contribution in [-0.4, -0.2) is 10.1 Å². The SMILES string of the molecule is CC(C)C(N)c1nc(CSc2ccccc2)no1. The summed E-state index contributed by atoms with van der Waals surface area (Å²) in [4.78, 5) is 5.51. The van der Waals surface area contributed by atoms with Gasteiger partial charge in [-0.1, -0.05) is 37.2 Å². The van der Waals surface area contributed by atoms with Crippen molar-refractivity contribution in [1.82, 2.24) is 10.1 Å². The molecule has 2 rings (SSSR count). The third-order valence-electron chi connectivity index (χ3n) is 2.60. The van der Waals surface area contributed by atoms with Gasteiger partial charge in [0.05, 0.1) is 11.8 Å². The van der Waals surface area contributed by atoms with E-state index in [0.29, 0.717) is 23.4 Å². The summed E-state index contributed by atoms with van der Waals surface area (Å²) in [5.41, 5.74) is 5.96. The summed E-state index contributed by atoms with van der Waals surface area (Å²) in [6.45, 7) is 4.07. The molecule has 2 N–H and O–H groups in total. The molecule has 96 valence electrons. The summed E-state index contributed by atoms with van der Waals surface area (Å²) in [6.07, 6.45) is 0. The molecular weight excluding hydrogens is 246 g/mol. The fraction of sp³-hybridized carbons (Fsp3) is 0.385. The zero-order chi connectivity index (χ0) is 13.0. The minimum Gasteiger partial charge on any atom is -0.338 e. The van der Waals surface area contributed by atoms with Crippen LogP contribution >= 0.6 is 11.8 Å². The van der Waals surface area contributed by atoms with Gasteiger partial charge in [-0.05, 0) is 18.1 Å². The molecule has 0 bridgehead atoms. The highest BCUT2D eigenvalue weighted by atomic mass is 32.2. The van der Waals surface area contributed by atoms with Gasteiger partial charge in [0.2, 0.25) is 5.89 Å². The molecule has 0 aliphatic rings. The van der Waals surface area contributed by atoms with Crippen LogP contribution in [0.25, 0.3) is 0 Å². The van der Waals surface area contributed by atoms with Gasteiger partial charge < -0.3 is 10.3 Å². The lowest BCUT2D eigenvalue weighted by atomic mass is 10.1. The van der Waals surface area contributed by atoms with Gasteiger partial charge in [-0.25, -0.2) is 0 Å². The molecule has 18 heavy (non-hydrogen) atoms. The van der Waals surface area contributed by atoms with E-state index in [1.165, 1.54) is 4.90 Å². The minimum atomic E-state index is -0.187. The largest absolute Gasteiger partial charge is 0.338 e. The number of thioether (sulfide) groups is 1. The van der Waals surface area contributed by atoms with Gasteiger partial charge in [0.1, 0.15) is 0 Å². The van der Waals surface area contributed by atoms with Crippen LogP contribution in [-0.2, 0) is 5.75 Å². The second-order valence-electron chi connectivity index (χ2n) is 4.42. The Morgan fingerprint density at radius 3 is 2.67 bits per heavy atom. The minimum absolute atomic E-state index is 0.187. The van der Waals surface area contributed by atoms with Crippen molar-refractivity contribution in [1.29, 1.82) is 0 Å². The second kappa shape index (κ2) is 6.02. The Hall–Kier alpha value is -1.33. The van der Waals surface area contributed by atoms with Gasteiger partial charge >= 0.3 is 0 Å². The normalized spacial score (nSPS) is 12.9. The first-order chi connectivity index (χ1) is 8.66. The standard InChI is InChI=1S/C13H17N3OS/c1-9(2)12(14)13-15-11(16-17-13)8-18-10-6-4-3-5-7-10/h3-7,9,12H,8,14H2,1-2H3. The topological polar surface area (TPSA) is 64.9 Å². The van der Waals surface area contributed by atoms with Crippen LogP contribution in [0.4, 0.5) is 0 Å². The molecule has 5 heteroatoms. The highest BCUT2D eigenvalue weighted by molar-refractivity contribution is 7.98. The molecule has 1 aromatic carbocycles. The third-order valence-corrected chi connectivity index (χ3v) is 3.61. The first-order valence-corrected chi connectivity index (χ1v) is 6.91. The lowest BCUT2D eigenvalue weighted by molar-refractivity contribution is 0.323. The van der Waals surface area contributed by atoms with Crippen molar-refractivity contribution in [2.24, 2.45) is 11.7 Å². The van der Waals surface area contributed by atoms with Crippen LogP contribution in [0.3, 0.4) is 0 Å². The van der Waals surface area contributed by atoms with Gasteiger partial charge in [-0.15, -0.1) is 11.8 Å². The average Bonchev–Trinajstić information content (AvgIpc) is 2.85. The molecule has 1 unspecified atom stereocenters.